The molecule has 0 aliphatic carbocycles. The third-order valence-electron chi connectivity index (χ3n) is 3.01. The Morgan fingerprint density at radius 1 is 1.32 bits per heavy atom. The quantitative estimate of drug-likeness (QED) is 0.734. The van der Waals surface area contributed by atoms with Crippen LogP contribution in [0.4, 0.5) is 0 Å². The largest absolute Gasteiger partial charge is 0.467 e. The molecule has 6 heteroatoms. The van der Waals surface area contributed by atoms with Crippen molar-refractivity contribution < 1.29 is 18.7 Å². The number of pyridine rings is 1. The van der Waals surface area contributed by atoms with E-state index >= 15 is 0 Å². The zero-order valence-corrected chi connectivity index (χ0v) is 12.4. The Bertz CT molecular complexity index is 596. The van der Waals surface area contributed by atoms with Crippen molar-refractivity contribution in [1.82, 2.24) is 9.88 Å². The summed E-state index contributed by atoms with van der Waals surface area (Å²) in [5.74, 6) is 0.126. The maximum atomic E-state index is 12.5. The molecule has 0 atom stereocenters. The maximum absolute atomic E-state index is 12.5. The zero-order valence-electron chi connectivity index (χ0n) is 12.4. The molecule has 0 bridgehead atoms. The van der Waals surface area contributed by atoms with Crippen LogP contribution in [0.25, 0.3) is 0 Å². The molecule has 2 heterocycles. The van der Waals surface area contributed by atoms with Gasteiger partial charge in [0.15, 0.2) is 0 Å². The van der Waals surface area contributed by atoms with Gasteiger partial charge in [0.1, 0.15) is 5.76 Å². The van der Waals surface area contributed by atoms with Crippen LogP contribution in [0.5, 0.6) is 0 Å². The van der Waals surface area contributed by atoms with Crippen molar-refractivity contribution in [3.05, 3.63) is 54.2 Å². The van der Waals surface area contributed by atoms with Gasteiger partial charge < -0.3 is 14.1 Å². The Labute approximate surface area is 128 Å². The fourth-order valence-corrected chi connectivity index (χ4v) is 1.97. The van der Waals surface area contributed by atoms with Crippen LogP contribution in [0, 0.1) is 0 Å². The van der Waals surface area contributed by atoms with Crippen molar-refractivity contribution in [3.8, 4) is 0 Å². The monoisotopic (exact) mass is 302 g/mol. The third kappa shape index (κ3) is 4.44. The maximum Gasteiger partial charge on any atom is 0.307 e. The fraction of sp³-hybridized carbons (Fsp3) is 0.312. The fourth-order valence-electron chi connectivity index (χ4n) is 1.97. The number of esters is 1. The molecule has 0 spiro atoms. The van der Waals surface area contributed by atoms with Crippen molar-refractivity contribution in [2.75, 3.05) is 13.2 Å². The average Bonchev–Trinajstić information content (AvgIpc) is 3.05. The molecule has 2 aromatic heterocycles. The number of hydrogen-bond acceptors (Lipinski definition) is 5. The first kappa shape index (κ1) is 15.8. The Balaban J connectivity index is 2.07. The predicted molar refractivity (Wildman–Crippen MR) is 78.9 cm³/mol. The molecule has 6 nitrogen and oxygen atoms in total. The van der Waals surface area contributed by atoms with E-state index in [-0.39, 0.29) is 24.8 Å². The van der Waals surface area contributed by atoms with E-state index in [0.717, 1.165) is 0 Å². The topological polar surface area (TPSA) is 72.6 Å². The number of hydrogen-bond donors (Lipinski definition) is 0. The van der Waals surface area contributed by atoms with Gasteiger partial charge >= 0.3 is 5.97 Å². The van der Waals surface area contributed by atoms with Crippen LogP contribution in [0.3, 0.4) is 0 Å². The summed E-state index contributed by atoms with van der Waals surface area (Å²) in [6, 6.07) is 6.93. The average molecular weight is 302 g/mol. The van der Waals surface area contributed by atoms with Gasteiger partial charge in [-0.3, -0.25) is 14.6 Å². The molecule has 2 rings (SSSR count). The SMILES string of the molecule is CCOC(=O)CCN(Cc1ccco1)C(=O)c1cccnc1. The van der Waals surface area contributed by atoms with E-state index in [1.54, 1.807) is 48.5 Å². The molecule has 22 heavy (non-hydrogen) atoms. The molecule has 0 aliphatic heterocycles. The first-order valence-corrected chi connectivity index (χ1v) is 7.08. The normalized spacial score (nSPS) is 10.2. The molecular weight excluding hydrogens is 284 g/mol. The minimum absolute atomic E-state index is 0.139. The lowest BCUT2D eigenvalue weighted by Gasteiger charge is -2.21. The molecule has 0 N–H and O–H groups in total. The van der Waals surface area contributed by atoms with Gasteiger partial charge in [-0.2, -0.15) is 0 Å². The third-order valence-corrected chi connectivity index (χ3v) is 3.01. The standard InChI is InChI=1S/C16H18N2O4/c1-2-21-15(19)7-9-18(12-14-6-4-10-22-14)16(20)13-5-3-8-17-11-13/h3-6,8,10-11H,2,7,9,12H2,1H3. The molecule has 1 amide bonds. The van der Waals surface area contributed by atoms with Crippen LogP contribution in [0.15, 0.2) is 47.3 Å². The van der Waals surface area contributed by atoms with Crippen LogP contribution < -0.4 is 0 Å². The molecular formula is C16H18N2O4. The van der Waals surface area contributed by atoms with Crippen molar-refractivity contribution in [2.45, 2.75) is 19.9 Å². The van der Waals surface area contributed by atoms with Crippen LogP contribution in [-0.4, -0.2) is 34.9 Å². The predicted octanol–water partition coefficient (Wildman–Crippen LogP) is 2.27. The molecule has 2 aromatic rings. The lowest BCUT2D eigenvalue weighted by atomic mass is 10.2. The number of amides is 1. The van der Waals surface area contributed by atoms with Crippen LogP contribution in [0.2, 0.25) is 0 Å². The number of furan rings is 1. The number of rotatable bonds is 7. The zero-order chi connectivity index (χ0) is 15.8. The summed E-state index contributed by atoms with van der Waals surface area (Å²) in [7, 11) is 0. The lowest BCUT2D eigenvalue weighted by molar-refractivity contribution is -0.143. The van der Waals surface area contributed by atoms with Gasteiger partial charge in [0.05, 0.1) is 31.4 Å². The van der Waals surface area contributed by atoms with E-state index in [2.05, 4.69) is 4.98 Å². The number of aromatic nitrogens is 1. The summed E-state index contributed by atoms with van der Waals surface area (Å²) in [6.07, 6.45) is 4.79. The van der Waals surface area contributed by atoms with E-state index in [1.165, 1.54) is 6.20 Å². The van der Waals surface area contributed by atoms with Gasteiger partial charge in [0.25, 0.3) is 5.91 Å². The number of carbonyl (C=O) groups excluding carboxylic acids is 2. The molecule has 0 aliphatic rings. The van der Waals surface area contributed by atoms with Gasteiger partial charge in [-0.25, -0.2) is 0 Å². The molecule has 0 saturated heterocycles. The van der Waals surface area contributed by atoms with Gasteiger partial charge in [0, 0.05) is 18.9 Å². The summed E-state index contributed by atoms with van der Waals surface area (Å²) >= 11 is 0. The molecule has 0 unspecified atom stereocenters. The Morgan fingerprint density at radius 3 is 2.82 bits per heavy atom. The van der Waals surface area contributed by atoms with E-state index in [1.807, 2.05) is 0 Å². The van der Waals surface area contributed by atoms with Gasteiger partial charge in [-0.1, -0.05) is 0 Å². The summed E-state index contributed by atoms with van der Waals surface area (Å²) in [5, 5.41) is 0. The molecule has 0 radical (unpaired) electrons. The van der Waals surface area contributed by atoms with E-state index in [0.29, 0.717) is 24.5 Å². The highest BCUT2D eigenvalue weighted by Gasteiger charge is 2.18. The van der Waals surface area contributed by atoms with Crippen LogP contribution >= 0.6 is 0 Å². The first-order chi connectivity index (χ1) is 10.7. The number of nitrogens with zero attached hydrogens (tertiary/aromatic N) is 2. The minimum atomic E-state index is -0.328. The second-order valence-corrected chi connectivity index (χ2v) is 4.60. The molecule has 0 saturated carbocycles. The molecule has 116 valence electrons. The second kappa shape index (κ2) is 7.97. The smallest absolute Gasteiger partial charge is 0.307 e. The summed E-state index contributed by atoms with van der Waals surface area (Å²) in [5.41, 5.74) is 0.470. The molecule has 0 fully saturated rings. The Hall–Kier alpha value is -2.63. The van der Waals surface area contributed by atoms with E-state index in [4.69, 9.17) is 9.15 Å². The minimum Gasteiger partial charge on any atom is -0.467 e. The first-order valence-electron chi connectivity index (χ1n) is 7.08. The summed E-state index contributed by atoms with van der Waals surface area (Å²) in [4.78, 5) is 29.5. The Kier molecular flexibility index (Phi) is 5.71. The lowest BCUT2D eigenvalue weighted by Crippen LogP contribution is -2.32. The van der Waals surface area contributed by atoms with Crippen molar-refractivity contribution >= 4 is 11.9 Å². The second-order valence-electron chi connectivity index (χ2n) is 4.60. The van der Waals surface area contributed by atoms with Gasteiger partial charge in [-0.05, 0) is 31.2 Å². The Morgan fingerprint density at radius 2 is 2.18 bits per heavy atom. The van der Waals surface area contributed by atoms with Crippen molar-refractivity contribution in [3.63, 3.8) is 0 Å². The summed E-state index contributed by atoms with van der Waals surface area (Å²) in [6.45, 7) is 2.63. The highest BCUT2D eigenvalue weighted by Crippen LogP contribution is 2.11. The van der Waals surface area contributed by atoms with E-state index in [9.17, 15) is 9.59 Å². The summed E-state index contributed by atoms with van der Waals surface area (Å²) < 4.78 is 10.2. The highest BCUT2D eigenvalue weighted by atomic mass is 16.5. The van der Waals surface area contributed by atoms with Crippen LogP contribution in [-0.2, 0) is 16.1 Å². The van der Waals surface area contributed by atoms with E-state index < -0.39 is 0 Å². The van der Waals surface area contributed by atoms with Gasteiger partial charge in [-0.15, -0.1) is 0 Å². The van der Waals surface area contributed by atoms with Crippen molar-refractivity contribution in [1.29, 1.82) is 0 Å². The number of carbonyl (C=O) groups is 2. The molecule has 0 aromatic carbocycles. The van der Waals surface area contributed by atoms with Crippen LogP contribution in [0.1, 0.15) is 29.5 Å². The number of ether oxygens (including phenoxy) is 1. The highest BCUT2D eigenvalue weighted by molar-refractivity contribution is 5.94. The van der Waals surface area contributed by atoms with Crippen molar-refractivity contribution in [2.24, 2.45) is 0 Å². The van der Waals surface area contributed by atoms with Gasteiger partial charge in [0.2, 0.25) is 0 Å².